The van der Waals surface area contributed by atoms with Crippen molar-refractivity contribution in [3.8, 4) is 0 Å². The lowest BCUT2D eigenvalue weighted by Crippen LogP contribution is -2.39. The summed E-state index contributed by atoms with van der Waals surface area (Å²) in [5.74, 6) is -2.08. The van der Waals surface area contributed by atoms with Crippen LogP contribution in [0.15, 0.2) is 0 Å². The van der Waals surface area contributed by atoms with Gasteiger partial charge in [0.25, 0.3) is 0 Å². The molecule has 0 bridgehead atoms. The second kappa shape index (κ2) is 3.76. The Morgan fingerprint density at radius 2 is 2.14 bits per heavy atom. The number of carbonyl (C=O) groups is 1. The van der Waals surface area contributed by atoms with E-state index in [-0.39, 0.29) is 13.0 Å². The van der Waals surface area contributed by atoms with Gasteiger partial charge in [-0.15, -0.1) is 0 Å². The Kier molecular flexibility index (Phi) is 3.04. The number of rotatable bonds is 2. The number of hydrogen-bond donors (Lipinski definition) is 1. The van der Waals surface area contributed by atoms with Crippen molar-refractivity contribution in [1.82, 2.24) is 4.90 Å². The molecule has 6 heteroatoms. The first-order valence-corrected chi connectivity index (χ1v) is 4.46. The summed E-state index contributed by atoms with van der Waals surface area (Å²) in [5.41, 5.74) is 5.02. The lowest BCUT2D eigenvalue weighted by molar-refractivity contribution is -0.170. The summed E-state index contributed by atoms with van der Waals surface area (Å²) in [6.07, 6.45) is -4.43. The van der Waals surface area contributed by atoms with E-state index in [1.54, 1.807) is 6.92 Å². The molecule has 0 aromatic heterocycles. The molecule has 0 aromatic rings. The molecule has 0 aromatic carbocycles. The Hall–Kier alpha value is -0.780. The average Bonchev–Trinajstić information content (AvgIpc) is 2.45. The van der Waals surface area contributed by atoms with Crippen LogP contribution in [-0.2, 0) is 4.79 Å². The van der Waals surface area contributed by atoms with Crippen LogP contribution in [0.4, 0.5) is 13.2 Å². The molecule has 0 saturated carbocycles. The standard InChI is InChI=1S/C8H13F3N2O/c1-2-13-4-5(8(9,10)11)3-6(13)7(12)14/h5-6H,2-4H2,1H3,(H2,12,14)/t5?,6-/m0/s1. The third-order valence-electron chi connectivity index (χ3n) is 2.60. The minimum absolute atomic E-state index is 0.117. The molecule has 2 N–H and O–H groups in total. The summed E-state index contributed by atoms with van der Waals surface area (Å²) in [5, 5.41) is 0. The number of primary amides is 1. The number of hydrogen-bond acceptors (Lipinski definition) is 2. The molecule has 1 aliphatic rings. The average molecular weight is 210 g/mol. The van der Waals surface area contributed by atoms with Gasteiger partial charge in [-0.25, -0.2) is 0 Å². The SMILES string of the molecule is CCN1CC(C(F)(F)F)C[C@H]1C(N)=O. The smallest absolute Gasteiger partial charge is 0.368 e. The molecule has 0 aliphatic carbocycles. The van der Waals surface area contributed by atoms with Crippen molar-refractivity contribution in [1.29, 1.82) is 0 Å². The maximum absolute atomic E-state index is 12.3. The Bertz CT molecular complexity index is 229. The van der Waals surface area contributed by atoms with E-state index in [9.17, 15) is 18.0 Å². The number of carbonyl (C=O) groups excluding carboxylic acids is 1. The lowest BCUT2D eigenvalue weighted by Gasteiger charge is -2.19. The molecule has 3 nitrogen and oxygen atoms in total. The highest BCUT2D eigenvalue weighted by molar-refractivity contribution is 5.80. The van der Waals surface area contributed by atoms with Gasteiger partial charge >= 0.3 is 6.18 Å². The predicted octanol–water partition coefficient (Wildman–Crippen LogP) is 0.744. The third-order valence-corrected chi connectivity index (χ3v) is 2.60. The van der Waals surface area contributed by atoms with Crippen molar-refractivity contribution in [2.24, 2.45) is 11.7 Å². The zero-order chi connectivity index (χ0) is 10.9. The van der Waals surface area contributed by atoms with E-state index < -0.39 is 24.0 Å². The Labute approximate surface area is 80.0 Å². The van der Waals surface area contributed by atoms with Crippen LogP contribution in [0.1, 0.15) is 13.3 Å². The third kappa shape index (κ3) is 2.17. The Morgan fingerprint density at radius 3 is 2.43 bits per heavy atom. The van der Waals surface area contributed by atoms with Gasteiger partial charge in [0.1, 0.15) is 0 Å². The maximum atomic E-state index is 12.3. The van der Waals surface area contributed by atoms with Crippen LogP contribution in [0.5, 0.6) is 0 Å². The second-order valence-electron chi connectivity index (χ2n) is 3.48. The van der Waals surface area contributed by atoms with E-state index in [2.05, 4.69) is 0 Å². The zero-order valence-corrected chi connectivity index (χ0v) is 7.84. The molecule has 1 rings (SSSR count). The largest absolute Gasteiger partial charge is 0.393 e. The first-order valence-electron chi connectivity index (χ1n) is 4.46. The van der Waals surface area contributed by atoms with Crippen LogP contribution in [-0.4, -0.2) is 36.1 Å². The van der Waals surface area contributed by atoms with Crippen molar-refractivity contribution in [2.75, 3.05) is 13.1 Å². The van der Waals surface area contributed by atoms with E-state index in [0.717, 1.165) is 0 Å². The van der Waals surface area contributed by atoms with Crippen molar-refractivity contribution in [3.05, 3.63) is 0 Å². The highest BCUT2D eigenvalue weighted by Gasteiger charge is 2.48. The fourth-order valence-electron chi connectivity index (χ4n) is 1.79. The van der Waals surface area contributed by atoms with E-state index in [1.165, 1.54) is 4.90 Å². The first-order chi connectivity index (χ1) is 6.36. The predicted molar refractivity (Wildman–Crippen MR) is 44.4 cm³/mol. The molecule has 2 atom stereocenters. The number of nitrogens with zero attached hydrogens (tertiary/aromatic N) is 1. The zero-order valence-electron chi connectivity index (χ0n) is 7.84. The highest BCUT2D eigenvalue weighted by atomic mass is 19.4. The van der Waals surface area contributed by atoms with E-state index in [4.69, 9.17) is 5.73 Å². The van der Waals surface area contributed by atoms with Gasteiger partial charge in [0, 0.05) is 6.54 Å². The fraction of sp³-hybridized carbons (Fsp3) is 0.875. The lowest BCUT2D eigenvalue weighted by atomic mass is 10.1. The van der Waals surface area contributed by atoms with E-state index in [1.807, 2.05) is 0 Å². The second-order valence-corrected chi connectivity index (χ2v) is 3.48. The normalized spacial score (nSPS) is 29.4. The van der Waals surface area contributed by atoms with Crippen molar-refractivity contribution in [3.63, 3.8) is 0 Å². The van der Waals surface area contributed by atoms with Crippen LogP contribution in [0.2, 0.25) is 0 Å². The van der Waals surface area contributed by atoms with Crippen molar-refractivity contribution < 1.29 is 18.0 Å². The molecule has 0 spiro atoms. The molecule has 1 amide bonds. The molecule has 0 radical (unpaired) electrons. The van der Waals surface area contributed by atoms with Gasteiger partial charge in [-0.1, -0.05) is 6.92 Å². The van der Waals surface area contributed by atoms with Gasteiger partial charge < -0.3 is 5.73 Å². The molecule has 1 saturated heterocycles. The summed E-state index contributed by atoms with van der Waals surface area (Å²) < 4.78 is 37.0. The van der Waals surface area contributed by atoms with Gasteiger partial charge in [-0.05, 0) is 13.0 Å². The van der Waals surface area contributed by atoms with Gasteiger partial charge in [0.15, 0.2) is 0 Å². The molecule has 82 valence electrons. The van der Waals surface area contributed by atoms with Gasteiger partial charge in [-0.2, -0.15) is 13.2 Å². The van der Waals surface area contributed by atoms with Crippen LogP contribution >= 0.6 is 0 Å². The van der Waals surface area contributed by atoms with Gasteiger partial charge in [-0.3, -0.25) is 9.69 Å². The number of likely N-dealkylation sites (N-methyl/N-ethyl adjacent to an activating group) is 1. The monoisotopic (exact) mass is 210 g/mol. The fourth-order valence-corrected chi connectivity index (χ4v) is 1.79. The summed E-state index contributed by atoms with van der Waals surface area (Å²) in [7, 11) is 0. The van der Waals surface area contributed by atoms with Gasteiger partial charge in [0.2, 0.25) is 5.91 Å². The summed E-state index contributed by atoms with van der Waals surface area (Å²) >= 11 is 0. The number of halogens is 3. The Morgan fingerprint density at radius 1 is 1.57 bits per heavy atom. The number of alkyl halides is 3. The molecular weight excluding hydrogens is 197 g/mol. The summed E-state index contributed by atoms with van der Waals surface area (Å²) in [4.78, 5) is 12.3. The van der Waals surface area contributed by atoms with Crippen LogP contribution in [0.3, 0.4) is 0 Å². The molecule has 1 unspecified atom stereocenters. The van der Waals surface area contributed by atoms with Crippen molar-refractivity contribution in [2.45, 2.75) is 25.6 Å². The number of amides is 1. The van der Waals surface area contributed by atoms with Crippen LogP contribution < -0.4 is 5.73 Å². The maximum Gasteiger partial charge on any atom is 0.393 e. The van der Waals surface area contributed by atoms with Crippen LogP contribution in [0.25, 0.3) is 0 Å². The van der Waals surface area contributed by atoms with Crippen LogP contribution in [0, 0.1) is 5.92 Å². The van der Waals surface area contributed by atoms with E-state index >= 15 is 0 Å². The molecule has 1 aliphatic heterocycles. The van der Waals surface area contributed by atoms with Crippen molar-refractivity contribution >= 4 is 5.91 Å². The highest BCUT2D eigenvalue weighted by Crippen LogP contribution is 2.36. The summed E-state index contributed by atoms with van der Waals surface area (Å²) in [6, 6.07) is -0.758. The number of likely N-dealkylation sites (tertiary alicyclic amines) is 1. The molecule has 1 heterocycles. The topological polar surface area (TPSA) is 46.3 Å². The minimum atomic E-state index is -4.22. The quantitative estimate of drug-likeness (QED) is 0.730. The van der Waals surface area contributed by atoms with Gasteiger partial charge in [0.05, 0.1) is 12.0 Å². The minimum Gasteiger partial charge on any atom is -0.368 e. The molecule has 14 heavy (non-hydrogen) atoms. The first kappa shape index (κ1) is 11.3. The summed E-state index contributed by atoms with van der Waals surface area (Å²) in [6.45, 7) is 2.02. The molecular formula is C8H13F3N2O. The number of nitrogens with two attached hydrogens (primary N) is 1. The Balaban J connectivity index is 2.70. The molecule has 1 fully saturated rings. The van der Waals surface area contributed by atoms with E-state index in [0.29, 0.717) is 6.54 Å².